The van der Waals surface area contributed by atoms with Gasteiger partial charge in [-0.05, 0) is 24.6 Å². The molecule has 0 aliphatic heterocycles. The molecular formula is C8H6BrNO. The zero-order chi connectivity index (χ0) is 7.84. The lowest BCUT2D eigenvalue weighted by Crippen LogP contribution is -1.74. The maximum atomic E-state index is 5.12. The van der Waals surface area contributed by atoms with Crippen LogP contribution in [0, 0.1) is 6.92 Å². The number of nitrogens with zero attached hydrogens (tertiary/aromatic N) is 1. The Morgan fingerprint density at radius 1 is 1.45 bits per heavy atom. The van der Waals surface area contributed by atoms with E-state index in [0.717, 1.165) is 21.1 Å². The maximum Gasteiger partial charge on any atom is 0.181 e. The van der Waals surface area contributed by atoms with Gasteiger partial charge in [0.25, 0.3) is 0 Å². The molecule has 1 aromatic carbocycles. The van der Waals surface area contributed by atoms with Gasteiger partial charge in [0.2, 0.25) is 0 Å². The van der Waals surface area contributed by atoms with Gasteiger partial charge in [-0.3, -0.25) is 0 Å². The Kier molecular flexibility index (Phi) is 1.46. The molecule has 56 valence electrons. The molecule has 0 aliphatic carbocycles. The zero-order valence-electron chi connectivity index (χ0n) is 5.97. The SMILES string of the molecule is Cc1cc2ocnc2cc1Br. The standard InChI is InChI=1S/C8H6BrNO/c1-5-2-8-7(3-6(5)9)10-4-11-8/h2-4H,1H3. The lowest BCUT2D eigenvalue weighted by Gasteiger charge is -1.94. The van der Waals surface area contributed by atoms with Crippen molar-refractivity contribution in [2.45, 2.75) is 6.92 Å². The summed E-state index contributed by atoms with van der Waals surface area (Å²) in [4.78, 5) is 4.02. The summed E-state index contributed by atoms with van der Waals surface area (Å²) in [7, 11) is 0. The Morgan fingerprint density at radius 3 is 3.09 bits per heavy atom. The van der Waals surface area contributed by atoms with Gasteiger partial charge in [-0.25, -0.2) is 4.98 Å². The van der Waals surface area contributed by atoms with E-state index in [1.54, 1.807) is 0 Å². The molecule has 0 bridgehead atoms. The van der Waals surface area contributed by atoms with Crippen LogP contribution < -0.4 is 0 Å². The molecule has 2 nitrogen and oxygen atoms in total. The van der Waals surface area contributed by atoms with E-state index in [1.165, 1.54) is 6.39 Å². The third-order valence-electron chi connectivity index (χ3n) is 1.61. The van der Waals surface area contributed by atoms with Crippen molar-refractivity contribution in [1.82, 2.24) is 4.98 Å². The van der Waals surface area contributed by atoms with Crippen LogP contribution in [-0.2, 0) is 0 Å². The fraction of sp³-hybridized carbons (Fsp3) is 0.125. The molecule has 0 N–H and O–H groups in total. The van der Waals surface area contributed by atoms with Crippen LogP contribution >= 0.6 is 15.9 Å². The summed E-state index contributed by atoms with van der Waals surface area (Å²) in [6.45, 7) is 2.02. The Balaban J connectivity index is 2.86. The van der Waals surface area contributed by atoms with Gasteiger partial charge in [0, 0.05) is 4.47 Å². The first-order valence-electron chi connectivity index (χ1n) is 3.27. The molecule has 2 aromatic rings. The molecule has 0 amide bonds. The second-order valence-electron chi connectivity index (χ2n) is 2.42. The smallest absolute Gasteiger partial charge is 0.181 e. The van der Waals surface area contributed by atoms with Crippen LogP contribution in [0.15, 0.2) is 27.4 Å². The van der Waals surface area contributed by atoms with E-state index in [4.69, 9.17) is 4.42 Å². The molecule has 1 aromatic heterocycles. The first-order chi connectivity index (χ1) is 5.27. The highest BCUT2D eigenvalue weighted by molar-refractivity contribution is 9.10. The molecule has 0 aliphatic rings. The first-order valence-corrected chi connectivity index (χ1v) is 4.06. The second-order valence-corrected chi connectivity index (χ2v) is 3.28. The Bertz CT molecular complexity index is 358. The number of halogens is 1. The molecule has 0 saturated carbocycles. The normalized spacial score (nSPS) is 10.7. The summed E-state index contributed by atoms with van der Waals surface area (Å²) in [5.74, 6) is 0. The monoisotopic (exact) mass is 211 g/mol. The van der Waals surface area contributed by atoms with Crippen LogP contribution in [0.25, 0.3) is 11.1 Å². The van der Waals surface area contributed by atoms with Crippen LogP contribution in [0.2, 0.25) is 0 Å². The van der Waals surface area contributed by atoms with E-state index >= 15 is 0 Å². The number of oxazole rings is 1. The highest BCUT2D eigenvalue weighted by Crippen LogP contribution is 2.22. The van der Waals surface area contributed by atoms with Crippen LogP contribution in [0.5, 0.6) is 0 Å². The Morgan fingerprint density at radius 2 is 2.27 bits per heavy atom. The first kappa shape index (κ1) is 6.85. The number of fused-ring (bicyclic) bond motifs is 1. The lowest BCUT2D eigenvalue weighted by molar-refractivity contribution is 0.602. The Hall–Kier alpha value is -0.830. The number of benzene rings is 1. The van der Waals surface area contributed by atoms with E-state index in [9.17, 15) is 0 Å². The highest BCUT2D eigenvalue weighted by Gasteiger charge is 2.01. The van der Waals surface area contributed by atoms with E-state index in [2.05, 4.69) is 20.9 Å². The maximum absolute atomic E-state index is 5.12. The van der Waals surface area contributed by atoms with Crippen molar-refractivity contribution in [2.75, 3.05) is 0 Å². The quantitative estimate of drug-likeness (QED) is 0.670. The molecule has 0 atom stereocenters. The second kappa shape index (κ2) is 2.34. The van der Waals surface area contributed by atoms with Gasteiger partial charge < -0.3 is 4.42 Å². The van der Waals surface area contributed by atoms with Crippen LogP contribution in [0.4, 0.5) is 0 Å². The molecule has 0 fully saturated rings. The predicted octanol–water partition coefficient (Wildman–Crippen LogP) is 2.90. The molecule has 2 rings (SSSR count). The van der Waals surface area contributed by atoms with Gasteiger partial charge in [0.15, 0.2) is 12.0 Å². The van der Waals surface area contributed by atoms with Gasteiger partial charge in [-0.15, -0.1) is 0 Å². The predicted molar refractivity (Wildman–Crippen MR) is 46.4 cm³/mol. The van der Waals surface area contributed by atoms with Crippen molar-refractivity contribution in [3.8, 4) is 0 Å². The third kappa shape index (κ3) is 1.05. The van der Waals surface area contributed by atoms with E-state index < -0.39 is 0 Å². The minimum Gasteiger partial charge on any atom is -0.443 e. The summed E-state index contributed by atoms with van der Waals surface area (Å²) in [5.41, 5.74) is 2.89. The largest absolute Gasteiger partial charge is 0.443 e. The zero-order valence-corrected chi connectivity index (χ0v) is 7.55. The fourth-order valence-corrected chi connectivity index (χ4v) is 1.31. The summed E-state index contributed by atoms with van der Waals surface area (Å²) >= 11 is 3.42. The van der Waals surface area contributed by atoms with Crippen molar-refractivity contribution in [3.63, 3.8) is 0 Å². The lowest BCUT2D eigenvalue weighted by atomic mass is 10.2. The van der Waals surface area contributed by atoms with Crippen molar-refractivity contribution in [3.05, 3.63) is 28.6 Å². The average Bonchev–Trinajstić information content (AvgIpc) is 2.36. The average molecular weight is 212 g/mol. The minimum atomic E-state index is 0.839. The Labute approximate surface area is 72.4 Å². The van der Waals surface area contributed by atoms with E-state index in [0.29, 0.717) is 0 Å². The minimum absolute atomic E-state index is 0.839. The molecule has 1 heterocycles. The summed E-state index contributed by atoms with van der Waals surface area (Å²) in [5, 5.41) is 0. The van der Waals surface area contributed by atoms with Crippen molar-refractivity contribution < 1.29 is 4.42 Å². The van der Waals surface area contributed by atoms with Gasteiger partial charge >= 0.3 is 0 Å². The fourth-order valence-electron chi connectivity index (χ4n) is 0.980. The summed E-state index contributed by atoms with van der Waals surface area (Å²) in [6, 6.07) is 3.92. The molecule has 0 radical (unpaired) electrons. The summed E-state index contributed by atoms with van der Waals surface area (Å²) < 4.78 is 6.19. The molecular weight excluding hydrogens is 206 g/mol. The number of hydrogen-bond acceptors (Lipinski definition) is 2. The molecule has 0 unspecified atom stereocenters. The van der Waals surface area contributed by atoms with E-state index in [1.807, 2.05) is 19.1 Å². The van der Waals surface area contributed by atoms with Gasteiger partial charge in [0.1, 0.15) is 5.52 Å². The number of aromatic nitrogens is 1. The van der Waals surface area contributed by atoms with Gasteiger partial charge in [0.05, 0.1) is 0 Å². The van der Waals surface area contributed by atoms with Crippen molar-refractivity contribution in [2.24, 2.45) is 0 Å². The molecule has 0 spiro atoms. The molecule has 3 heteroatoms. The number of rotatable bonds is 0. The molecule has 0 saturated heterocycles. The molecule has 11 heavy (non-hydrogen) atoms. The topological polar surface area (TPSA) is 26.0 Å². The number of hydrogen-bond donors (Lipinski definition) is 0. The highest BCUT2D eigenvalue weighted by atomic mass is 79.9. The van der Waals surface area contributed by atoms with Crippen molar-refractivity contribution >= 4 is 27.0 Å². The third-order valence-corrected chi connectivity index (χ3v) is 2.47. The van der Waals surface area contributed by atoms with Crippen LogP contribution in [-0.4, -0.2) is 4.98 Å². The van der Waals surface area contributed by atoms with Crippen LogP contribution in [0.3, 0.4) is 0 Å². The van der Waals surface area contributed by atoms with Crippen molar-refractivity contribution in [1.29, 1.82) is 0 Å². The van der Waals surface area contributed by atoms with Gasteiger partial charge in [-0.1, -0.05) is 15.9 Å². The van der Waals surface area contributed by atoms with Gasteiger partial charge in [-0.2, -0.15) is 0 Å². The summed E-state index contributed by atoms with van der Waals surface area (Å²) in [6.07, 6.45) is 1.45. The van der Waals surface area contributed by atoms with Crippen LogP contribution in [0.1, 0.15) is 5.56 Å². The van der Waals surface area contributed by atoms with E-state index in [-0.39, 0.29) is 0 Å². The number of aryl methyl sites for hydroxylation is 1.